The van der Waals surface area contributed by atoms with Crippen LogP contribution in [0.1, 0.15) is 15.9 Å². The average molecular weight is 245 g/mol. The van der Waals surface area contributed by atoms with E-state index >= 15 is 0 Å². The number of carboxylic acid groups (broad SMARTS) is 1. The lowest BCUT2D eigenvalue weighted by molar-refractivity contribution is -0.136. The Balaban J connectivity index is 3.34. The van der Waals surface area contributed by atoms with Gasteiger partial charge in [-0.1, -0.05) is 12.1 Å². The molecule has 6 heteroatoms. The Kier molecular flexibility index (Phi) is 3.77. The Hall–Kier alpha value is -1.98. The van der Waals surface area contributed by atoms with Crippen molar-refractivity contribution in [2.24, 2.45) is 0 Å². The van der Waals surface area contributed by atoms with E-state index in [1.54, 1.807) is 0 Å². The summed E-state index contributed by atoms with van der Waals surface area (Å²) in [5, 5.41) is 11.2. The highest BCUT2D eigenvalue weighted by molar-refractivity contribution is 5.95. The predicted octanol–water partition coefficient (Wildman–Crippen LogP) is 3.00. The fourth-order valence-electron chi connectivity index (χ4n) is 1.33. The topological polar surface area (TPSA) is 49.3 Å². The number of para-hydroxylation sites is 1. The van der Waals surface area contributed by atoms with Gasteiger partial charge < -0.3 is 10.4 Å². The summed E-state index contributed by atoms with van der Waals surface area (Å²) in [6.45, 7) is 3.40. The first-order valence-electron chi connectivity index (χ1n) is 4.66. The number of rotatable bonds is 4. The largest absolute Gasteiger partial charge is 0.478 e. The maximum atomic E-state index is 12.7. The van der Waals surface area contributed by atoms with Gasteiger partial charge in [0.1, 0.15) is 0 Å². The Morgan fingerprint density at radius 2 is 2.12 bits per heavy atom. The number of anilines is 1. The number of nitrogens with one attached hydrogen (secondary N) is 1. The fourth-order valence-corrected chi connectivity index (χ4v) is 1.33. The third kappa shape index (κ3) is 2.99. The van der Waals surface area contributed by atoms with Crippen LogP contribution < -0.4 is 5.32 Å². The lowest BCUT2D eigenvalue weighted by atomic mass is 10.1. The Labute approximate surface area is 95.6 Å². The lowest BCUT2D eigenvalue weighted by Gasteiger charge is -2.15. The van der Waals surface area contributed by atoms with Crippen molar-refractivity contribution in [3.8, 4) is 0 Å². The van der Waals surface area contributed by atoms with Gasteiger partial charge in [0.25, 0.3) is 0 Å². The van der Waals surface area contributed by atoms with Gasteiger partial charge in [-0.25, -0.2) is 4.79 Å². The van der Waals surface area contributed by atoms with Gasteiger partial charge in [0, 0.05) is 6.54 Å². The molecular weight excluding hydrogens is 235 g/mol. The summed E-state index contributed by atoms with van der Waals surface area (Å²) in [6, 6.07) is 3.01. The van der Waals surface area contributed by atoms with E-state index in [2.05, 4.69) is 11.9 Å². The van der Waals surface area contributed by atoms with E-state index in [0.717, 1.165) is 18.2 Å². The number of aromatic carboxylic acids is 1. The minimum Gasteiger partial charge on any atom is -0.478 e. The van der Waals surface area contributed by atoms with E-state index < -0.39 is 29.0 Å². The number of carbonyl (C=O) groups is 1. The molecule has 0 unspecified atom stereocenters. The molecule has 0 aliphatic heterocycles. The van der Waals surface area contributed by atoms with Crippen molar-refractivity contribution in [3.05, 3.63) is 42.0 Å². The first kappa shape index (κ1) is 13.1. The van der Waals surface area contributed by atoms with E-state index in [9.17, 15) is 18.0 Å². The van der Waals surface area contributed by atoms with Crippen molar-refractivity contribution in [1.29, 1.82) is 0 Å². The van der Waals surface area contributed by atoms with Gasteiger partial charge in [-0.3, -0.25) is 0 Å². The molecule has 0 amide bonds. The molecule has 0 saturated heterocycles. The van der Waals surface area contributed by atoms with E-state index in [-0.39, 0.29) is 6.54 Å². The standard InChI is InChI=1S/C11H10F3NO2/c1-2-6-15-9-7(10(16)17)4-3-5-8(9)11(12,13)14/h2-5,15H,1,6H2,(H,16,17). The molecule has 1 rings (SSSR count). The van der Waals surface area contributed by atoms with Crippen molar-refractivity contribution in [3.63, 3.8) is 0 Å². The van der Waals surface area contributed by atoms with E-state index in [0.29, 0.717) is 0 Å². The number of carboxylic acids is 1. The zero-order valence-corrected chi connectivity index (χ0v) is 8.71. The fraction of sp³-hybridized carbons (Fsp3) is 0.182. The van der Waals surface area contributed by atoms with E-state index in [1.807, 2.05) is 0 Å². The molecule has 0 aromatic heterocycles. The quantitative estimate of drug-likeness (QED) is 0.801. The molecule has 2 N–H and O–H groups in total. The summed E-state index contributed by atoms with van der Waals surface area (Å²) >= 11 is 0. The number of alkyl halides is 3. The summed E-state index contributed by atoms with van der Waals surface area (Å²) in [7, 11) is 0. The summed E-state index contributed by atoms with van der Waals surface area (Å²) < 4.78 is 38.0. The van der Waals surface area contributed by atoms with Crippen LogP contribution in [0.15, 0.2) is 30.9 Å². The van der Waals surface area contributed by atoms with Gasteiger partial charge in [-0.15, -0.1) is 6.58 Å². The van der Waals surface area contributed by atoms with Crippen molar-refractivity contribution in [2.45, 2.75) is 6.18 Å². The summed E-state index contributed by atoms with van der Waals surface area (Å²) in [5.74, 6) is -1.41. The molecule has 0 atom stereocenters. The molecule has 92 valence electrons. The van der Waals surface area contributed by atoms with E-state index in [4.69, 9.17) is 5.11 Å². The van der Waals surface area contributed by atoms with Crippen molar-refractivity contribution >= 4 is 11.7 Å². The second-order valence-corrected chi connectivity index (χ2v) is 3.20. The molecule has 0 aliphatic rings. The number of hydrogen-bond donors (Lipinski definition) is 2. The summed E-state index contributed by atoms with van der Waals surface area (Å²) in [5.41, 5.74) is -1.85. The maximum absolute atomic E-state index is 12.7. The van der Waals surface area contributed by atoms with Crippen LogP contribution in [0.3, 0.4) is 0 Å². The molecule has 0 bridgehead atoms. The molecule has 3 nitrogen and oxygen atoms in total. The Morgan fingerprint density at radius 1 is 1.47 bits per heavy atom. The minimum atomic E-state index is -4.60. The lowest BCUT2D eigenvalue weighted by Crippen LogP contribution is -2.14. The highest BCUT2D eigenvalue weighted by atomic mass is 19.4. The average Bonchev–Trinajstić information content (AvgIpc) is 2.24. The molecule has 17 heavy (non-hydrogen) atoms. The van der Waals surface area contributed by atoms with Crippen LogP contribution in [0.25, 0.3) is 0 Å². The number of hydrogen-bond acceptors (Lipinski definition) is 2. The molecule has 0 heterocycles. The van der Waals surface area contributed by atoms with Crippen molar-refractivity contribution in [1.82, 2.24) is 0 Å². The number of benzene rings is 1. The van der Waals surface area contributed by atoms with Crippen molar-refractivity contribution in [2.75, 3.05) is 11.9 Å². The minimum absolute atomic E-state index is 0.0490. The van der Waals surface area contributed by atoms with Crippen LogP contribution >= 0.6 is 0 Å². The van der Waals surface area contributed by atoms with Gasteiger partial charge >= 0.3 is 12.1 Å². The molecular formula is C11H10F3NO2. The zero-order chi connectivity index (χ0) is 13.1. The first-order chi connectivity index (χ1) is 7.88. The molecule has 0 saturated carbocycles. The number of halogens is 3. The van der Waals surface area contributed by atoms with Crippen LogP contribution in [0.4, 0.5) is 18.9 Å². The summed E-state index contributed by atoms with van der Waals surface area (Å²) in [6.07, 6.45) is -3.26. The van der Waals surface area contributed by atoms with Crippen LogP contribution in [-0.4, -0.2) is 17.6 Å². The monoisotopic (exact) mass is 245 g/mol. The van der Waals surface area contributed by atoms with Gasteiger partial charge in [0.2, 0.25) is 0 Å². The first-order valence-corrected chi connectivity index (χ1v) is 4.66. The highest BCUT2D eigenvalue weighted by Gasteiger charge is 2.35. The SMILES string of the molecule is C=CCNc1c(C(=O)O)cccc1C(F)(F)F. The zero-order valence-electron chi connectivity index (χ0n) is 8.71. The highest BCUT2D eigenvalue weighted by Crippen LogP contribution is 2.36. The van der Waals surface area contributed by atoms with Crippen LogP contribution in [0.5, 0.6) is 0 Å². The molecule has 0 aliphatic carbocycles. The van der Waals surface area contributed by atoms with Gasteiger partial charge in [-0.2, -0.15) is 13.2 Å². The predicted molar refractivity (Wildman–Crippen MR) is 57.1 cm³/mol. The third-order valence-electron chi connectivity index (χ3n) is 2.02. The van der Waals surface area contributed by atoms with Gasteiger partial charge in [0.15, 0.2) is 0 Å². The molecule has 1 aromatic rings. The molecule has 0 fully saturated rings. The molecule has 0 radical (unpaired) electrons. The molecule has 0 spiro atoms. The maximum Gasteiger partial charge on any atom is 0.418 e. The smallest absolute Gasteiger partial charge is 0.418 e. The Morgan fingerprint density at radius 3 is 2.59 bits per heavy atom. The second kappa shape index (κ2) is 4.90. The third-order valence-corrected chi connectivity index (χ3v) is 2.02. The van der Waals surface area contributed by atoms with Crippen molar-refractivity contribution < 1.29 is 23.1 Å². The van der Waals surface area contributed by atoms with E-state index in [1.165, 1.54) is 6.08 Å². The normalized spacial score (nSPS) is 11.0. The van der Waals surface area contributed by atoms with Gasteiger partial charge in [0.05, 0.1) is 16.8 Å². The van der Waals surface area contributed by atoms with Crippen LogP contribution in [0.2, 0.25) is 0 Å². The Bertz CT molecular complexity index is 441. The second-order valence-electron chi connectivity index (χ2n) is 3.20. The van der Waals surface area contributed by atoms with Crippen LogP contribution in [-0.2, 0) is 6.18 Å². The molecule has 1 aromatic carbocycles. The summed E-state index contributed by atoms with van der Waals surface area (Å²) in [4.78, 5) is 10.8. The van der Waals surface area contributed by atoms with Gasteiger partial charge in [-0.05, 0) is 12.1 Å². The van der Waals surface area contributed by atoms with Crippen LogP contribution in [0, 0.1) is 0 Å².